The molecule has 0 radical (unpaired) electrons. The summed E-state index contributed by atoms with van der Waals surface area (Å²) in [5.74, 6) is 0. The van der Waals surface area contributed by atoms with Gasteiger partial charge in [-0.1, -0.05) is 0 Å². The first-order valence-electron chi connectivity index (χ1n) is 6.03. The molecule has 2 rings (SSSR count). The molecule has 16 heavy (non-hydrogen) atoms. The Labute approximate surface area is 97.0 Å². The third-order valence-corrected chi connectivity index (χ3v) is 3.57. The van der Waals surface area contributed by atoms with Gasteiger partial charge in [0, 0.05) is 31.1 Å². The zero-order chi connectivity index (χ0) is 11.4. The van der Waals surface area contributed by atoms with Crippen LogP contribution in [0.2, 0.25) is 0 Å². The average molecular weight is 223 g/mol. The number of imidazole rings is 1. The Morgan fingerprint density at radius 3 is 3.12 bits per heavy atom. The lowest BCUT2D eigenvalue weighted by atomic mass is 9.94. The summed E-state index contributed by atoms with van der Waals surface area (Å²) < 4.78 is 7.70. The highest BCUT2D eigenvalue weighted by Crippen LogP contribution is 2.24. The van der Waals surface area contributed by atoms with E-state index in [-0.39, 0.29) is 5.54 Å². The Hall–Kier alpha value is -0.870. The first-order chi connectivity index (χ1) is 7.71. The summed E-state index contributed by atoms with van der Waals surface area (Å²) in [6, 6.07) is 0. The molecule has 1 aromatic rings. The molecule has 2 unspecified atom stereocenters. The quantitative estimate of drug-likeness (QED) is 0.768. The topological polar surface area (TPSA) is 39.1 Å². The van der Waals surface area contributed by atoms with E-state index in [1.165, 1.54) is 0 Å². The number of nitrogens with one attached hydrogen (secondary N) is 1. The lowest BCUT2D eigenvalue weighted by molar-refractivity contribution is 0.0886. The van der Waals surface area contributed by atoms with Crippen LogP contribution in [0.1, 0.15) is 26.7 Å². The fraction of sp³-hybridized carbons (Fsp3) is 0.750. The Balaban J connectivity index is 1.68. The van der Waals surface area contributed by atoms with Crippen molar-refractivity contribution in [3.63, 3.8) is 0 Å². The van der Waals surface area contributed by atoms with Crippen molar-refractivity contribution < 1.29 is 4.74 Å². The number of rotatable bonds is 5. The minimum Gasteiger partial charge on any atom is -0.377 e. The molecule has 1 aromatic heterocycles. The zero-order valence-corrected chi connectivity index (χ0v) is 10.1. The number of hydrogen-bond donors (Lipinski definition) is 1. The van der Waals surface area contributed by atoms with Crippen LogP contribution in [-0.2, 0) is 11.3 Å². The number of aryl methyl sites for hydroxylation is 1. The molecule has 90 valence electrons. The van der Waals surface area contributed by atoms with Gasteiger partial charge < -0.3 is 14.6 Å². The predicted molar refractivity (Wildman–Crippen MR) is 63.3 cm³/mol. The highest BCUT2D eigenvalue weighted by atomic mass is 16.5. The number of ether oxygens (including phenoxy) is 1. The number of aromatic nitrogens is 2. The van der Waals surface area contributed by atoms with Gasteiger partial charge in [0.2, 0.25) is 0 Å². The molecule has 0 bridgehead atoms. The van der Waals surface area contributed by atoms with Gasteiger partial charge in [-0.05, 0) is 33.2 Å². The largest absolute Gasteiger partial charge is 0.377 e. The van der Waals surface area contributed by atoms with E-state index in [4.69, 9.17) is 4.74 Å². The molecule has 0 amide bonds. The third-order valence-electron chi connectivity index (χ3n) is 3.57. The standard InChI is InChI=1S/C12H21N3O/c1-11-12(2,4-9-16-11)14-5-3-7-15-8-6-13-10-15/h6,8,10-11,14H,3-5,7,9H2,1-2H3. The van der Waals surface area contributed by atoms with Crippen molar-refractivity contribution in [1.29, 1.82) is 0 Å². The van der Waals surface area contributed by atoms with Crippen LogP contribution in [0.5, 0.6) is 0 Å². The first-order valence-corrected chi connectivity index (χ1v) is 6.03. The zero-order valence-electron chi connectivity index (χ0n) is 10.1. The average Bonchev–Trinajstić information content (AvgIpc) is 2.86. The maximum absolute atomic E-state index is 5.59. The molecule has 1 aliphatic rings. The maximum Gasteiger partial charge on any atom is 0.0945 e. The minimum absolute atomic E-state index is 0.162. The Kier molecular flexibility index (Phi) is 3.61. The fourth-order valence-corrected chi connectivity index (χ4v) is 2.12. The van der Waals surface area contributed by atoms with E-state index in [9.17, 15) is 0 Å². The van der Waals surface area contributed by atoms with Crippen LogP contribution in [-0.4, -0.2) is 34.3 Å². The van der Waals surface area contributed by atoms with Gasteiger partial charge in [0.05, 0.1) is 12.4 Å². The van der Waals surface area contributed by atoms with Crippen molar-refractivity contribution in [3.05, 3.63) is 18.7 Å². The predicted octanol–water partition coefficient (Wildman–Crippen LogP) is 1.43. The van der Waals surface area contributed by atoms with Gasteiger partial charge in [0.25, 0.3) is 0 Å². The number of hydrogen-bond acceptors (Lipinski definition) is 3. The summed E-state index contributed by atoms with van der Waals surface area (Å²) in [4.78, 5) is 4.03. The molecular formula is C12H21N3O. The van der Waals surface area contributed by atoms with Crippen LogP contribution in [0.3, 0.4) is 0 Å². The van der Waals surface area contributed by atoms with E-state index < -0.39 is 0 Å². The molecule has 0 saturated carbocycles. The van der Waals surface area contributed by atoms with Gasteiger partial charge in [0.1, 0.15) is 0 Å². The van der Waals surface area contributed by atoms with E-state index in [1.807, 2.05) is 18.7 Å². The van der Waals surface area contributed by atoms with E-state index in [2.05, 4.69) is 28.7 Å². The summed E-state index contributed by atoms with van der Waals surface area (Å²) in [6.07, 6.45) is 8.24. The summed E-state index contributed by atoms with van der Waals surface area (Å²) >= 11 is 0. The molecule has 2 heterocycles. The maximum atomic E-state index is 5.59. The minimum atomic E-state index is 0.162. The second-order valence-electron chi connectivity index (χ2n) is 4.76. The van der Waals surface area contributed by atoms with Crippen LogP contribution in [0.15, 0.2) is 18.7 Å². The summed E-state index contributed by atoms with van der Waals surface area (Å²) in [6.45, 7) is 7.34. The van der Waals surface area contributed by atoms with Crippen LogP contribution >= 0.6 is 0 Å². The van der Waals surface area contributed by atoms with E-state index in [1.54, 1.807) is 0 Å². The van der Waals surface area contributed by atoms with Gasteiger partial charge in [-0.15, -0.1) is 0 Å². The van der Waals surface area contributed by atoms with E-state index in [0.29, 0.717) is 6.10 Å². The highest BCUT2D eigenvalue weighted by molar-refractivity contribution is 4.93. The monoisotopic (exact) mass is 223 g/mol. The third kappa shape index (κ3) is 2.62. The van der Waals surface area contributed by atoms with Gasteiger partial charge in [-0.2, -0.15) is 0 Å². The highest BCUT2D eigenvalue weighted by Gasteiger charge is 2.35. The van der Waals surface area contributed by atoms with E-state index >= 15 is 0 Å². The van der Waals surface area contributed by atoms with Gasteiger partial charge in [0.15, 0.2) is 0 Å². The normalized spacial score (nSPS) is 29.8. The smallest absolute Gasteiger partial charge is 0.0945 e. The Morgan fingerprint density at radius 1 is 1.62 bits per heavy atom. The molecule has 4 heteroatoms. The van der Waals surface area contributed by atoms with Gasteiger partial charge in [-0.25, -0.2) is 4.98 Å². The molecule has 1 saturated heterocycles. The SMILES string of the molecule is CC1OCCC1(C)NCCCn1ccnc1. The lowest BCUT2D eigenvalue weighted by Gasteiger charge is -2.29. The molecular weight excluding hydrogens is 202 g/mol. The van der Waals surface area contributed by atoms with Crippen molar-refractivity contribution >= 4 is 0 Å². The molecule has 1 N–H and O–H groups in total. The van der Waals surface area contributed by atoms with Crippen molar-refractivity contribution in [3.8, 4) is 0 Å². The summed E-state index contributed by atoms with van der Waals surface area (Å²) in [7, 11) is 0. The van der Waals surface area contributed by atoms with Crippen molar-refractivity contribution in [1.82, 2.24) is 14.9 Å². The van der Waals surface area contributed by atoms with Gasteiger partial charge >= 0.3 is 0 Å². The van der Waals surface area contributed by atoms with E-state index in [0.717, 1.165) is 32.5 Å². The summed E-state index contributed by atoms with van der Waals surface area (Å²) in [5, 5.41) is 3.61. The molecule has 0 aliphatic carbocycles. The second kappa shape index (κ2) is 4.97. The molecule has 2 atom stereocenters. The van der Waals surface area contributed by atoms with Crippen LogP contribution in [0, 0.1) is 0 Å². The van der Waals surface area contributed by atoms with Crippen LogP contribution in [0.25, 0.3) is 0 Å². The molecule has 0 aromatic carbocycles. The van der Waals surface area contributed by atoms with Crippen molar-refractivity contribution in [2.45, 2.75) is 44.9 Å². The van der Waals surface area contributed by atoms with Crippen molar-refractivity contribution in [2.24, 2.45) is 0 Å². The summed E-state index contributed by atoms with van der Waals surface area (Å²) in [5.41, 5.74) is 0.162. The van der Waals surface area contributed by atoms with Gasteiger partial charge in [-0.3, -0.25) is 0 Å². The molecule has 0 spiro atoms. The molecule has 1 fully saturated rings. The Morgan fingerprint density at radius 2 is 2.50 bits per heavy atom. The number of nitrogens with zero attached hydrogens (tertiary/aromatic N) is 2. The van der Waals surface area contributed by atoms with Crippen LogP contribution in [0.4, 0.5) is 0 Å². The first kappa shape index (κ1) is 11.6. The lowest BCUT2D eigenvalue weighted by Crippen LogP contribution is -2.48. The van der Waals surface area contributed by atoms with Crippen LogP contribution < -0.4 is 5.32 Å². The molecule has 4 nitrogen and oxygen atoms in total. The van der Waals surface area contributed by atoms with Crippen molar-refractivity contribution in [2.75, 3.05) is 13.2 Å². The molecule has 1 aliphatic heterocycles. The Bertz CT molecular complexity index is 312. The fourth-order valence-electron chi connectivity index (χ4n) is 2.12. The second-order valence-corrected chi connectivity index (χ2v) is 4.76.